The second-order valence-corrected chi connectivity index (χ2v) is 3.36. The van der Waals surface area contributed by atoms with Gasteiger partial charge in [-0.2, -0.15) is 0 Å². The Hall–Kier alpha value is -1.44. The smallest absolute Gasteiger partial charge is 0.158 e. The van der Waals surface area contributed by atoms with Crippen molar-refractivity contribution in [3.8, 4) is 0 Å². The van der Waals surface area contributed by atoms with Gasteiger partial charge >= 0.3 is 0 Å². The van der Waals surface area contributed by atoms with Crippen LogP contribution < -0.4 is 16.6 Å². The van der Waals surface area contributed by atoms with Gasteiger partial charge in [0.05, 0.1) is 6.61 Å². The average Bonchev–Trinajstić information content (AvgIpc) is 2.29. The second kappa shape index (κ2) is 6.21. The number of ether oxygens (including phenoxy) is 1. The van der Waals surface area contributed by atoms with Gasteiger partial charge in [-0.3, -0.25) is 0 Å². The first kappa shape index (κ1) is 12.6. The van der Waals surface area contributed by atoms with E-state index >= 15 is 0 Å². The molecule has 0 aliphatic carbocycles. The lowest BCUT2D eigenvalue weighted by atomic mass is 10.3. The molecule has 0 bridgehead atoms. The molecular weight excluding hydrogens is 210 g/mol. The van der Waals surface area contributed by atoms with Gasteiger partial charge in [-0.1, -0.05) is 0 Å². The van der Waals surface area contributed by atoms with Gasteiger partial charge in [0.1, 0.15) is 18.2 Å². The number of nitrogen functional groups attached to an aromatic ring is 1. The molecule has 0 amide bonds. The van der Waals surface area contributed by atoms with Crippen LogP contribution >= 0.6 is 0 Å². The predicted octanol–water partition coefficient (Wildman–Crippen LogP) is -0.299. The molecule has 1 unspecified atom stereocenters. The van der Waals surface area contributed by atoms with Crippen LogP contribution in [0.5, 0.6) is 0 Å². The summed E-state index contributed by atoms with van der Waals surface area (Å²) in [6.07, 6.45) is 0. The first-order valence-electron chi connectivity index (χ1n) is 4.90. The van der Waals surface area contributed by atoms with Crippen molar-refractivity contribution in [2.75, 3.05) is 24.5 Å². The standard InChI is InChI=1S/C9H17N5O2/c1-6(4-15)11-7-3-8(14-10)13-9(12-7)5-16-2/h3,6,15H,4-5,10H2,1-2H3,(H2,11,12,13,14). The number of rotatable bonds is 6. The highest BCUT2D eigenvalue weighted by Crippen LogP contribution is 2.11. The Kier molecular flexibility index (Phi) is 4.90. The fraction of sp³-hybridized carbons (Fsp3) is 0.556. The van der Waals surface area contributed by atoms with E-state index in [-0.39, 0.29) is 12.6 Å². The Morgan fingerprint density at radius 1 is 1.50 bits per heavy atom. The highest BCUT2D eigenvalue weighted by Gasteiger charge is 2.06. The Morgan fingerprint density at radius 2 is 2.19 bits per heavy atom. The van der Waals surface area contributed by atoms with E-state index in [0.29, 0.717) is 24.1 Å². The Balaban J connectivity index is 2.85. The van der Waals surface area contributed by atoms with Crippen LogP contribution in [0.3, 0.4) is 0 Å². The molecule has 0 aliphatic heterocycles. The summed E-state index contributed by atoms with van der Waals surface area (Å²) in [7, 11) is 1.56. The Labute approximate surface area is 94.0 Å². The number of methoxy groups -OCH3 is 1. The minimum Gasteiger partial charge on any atom is -0.394 e. The van der Waals surface area contributed by atoms with E-state index in [1.807, 2.05) is 6.92 Å². The molecule has 1 aromatic heterocycles. The van der Waals surface area contributed by atoms with E-state index in [2.05, 4.69) is 20.7 Å². The van der Waals surface area contributed by atoms with Crippen LogP contribution in [0.1, 0.15) is 12.7 Å². The number of nitrogens with zero attached hydrogens (tertiary/aromatic N) is 2. The van der Waals surface area contributed by atoms with Crippen molar-refractivity contribution in [2.45, 2.75) is 19.6 Å². The highest BCUT2D eigenvalue weighted by atomic mass is 16.5. The number of nitrogens with one attached hydrogen (secondary N) is 2. The molecule has 7 nitrogen and oxygen atoms in total. The lowest BCUT2D eigenvalue weighted by Gasteiger charge is -2.13. The van der Waals surface area contributed by atoms with E-state index < -0.39 is 0 Å². The molecule has 5 N–H and O–H groups in total. The number of aromatic nitrogens is 2. The second-order valence-electron chi connectivity index (χ2n) is 3.36. The molecule has 1 rings (SSSR count). The van der Waals surface area contributed by atoms with Crippen LogP contribution in [0, 0.1) is 0 Å². The molecule has 0 saturated carbocycles. The lowest BCUT2D eigenvalue weighted by Crippen LogP contribution is -2.21. The van der Waals surface area contributed by atoms with Gasteiger partial charge in [0.2, 0.25) is 0 Å². The molecule has 16 heavy (non-hydrogen) atoms. The number of hydrazine groups is 1. The molecule has 7 heteroatoms. The number of aliphatic hydroxyl groups is 1. The fourth-order valence-corrected chi connectivity index (χ4v) is 1.14. The summed E-state index contributed by atoms with van der Waals surface area (Å²) in [5.74, 6) is 6.90. The van der Waals surface area contributed by atoms with Crippen LogP contribution in [0.2, 0.25) is 0 Å². The largest absolute Gasteiger partial charge is 0.394 e. The van der Waals surface area contributed by atoms with Crippen molar-refractivity contribution in [1.29, 1.82) is 0 Å². The summed E-state index contributed by atoms with van der Waals surface area (Å²) in [5, 5.41) is 11.9. The molecule has 0 spiro atoms. The number of nitrogens with two attached hydrogens (primary N) is 1. The number of hydrogen-bond acceptors (Lipinski definition) is 7. The molecule has 0 saturated heterocycles. The minimum atomic E-state index is -0.0871. The summed E-state index contributed by atoms with van der Waals surface area (Å²) in [4.78, 5) is 8.31. The molecule has 1 aromatic rings. The first-order chi connectivity index (χ1) is 7.69. The third-order valence-electron chi connectivity index (χ3n) is 1.86. The normalized spacial score (nSPS) is 12.2. The van der Waals surface area contributed by atoms with Crippen molar-refractivity contribution >= 4 is 11.6 Å². The molecule has 1 heterocycles. The zero-order chi connectivity index (χ0) is 12.0. The van der Waals surface area contributed by atoms with Crippen LogP contribution in [0.15, 0.2) is 6.07 Å². The van der Waals surface area contributed by atoms with Crippen LogP contribution in [-0.2, 0) is 11.3 Å². The average molecular weight is 227 g/mol. The third-order valence-corrected chi connectivity index (χ3v) is 1.86. The number of anilines is 2. The van der Waals surface area contributed by atoms with Gasteiger partial charge in [-0.15, -0.1) is 0 Å². The van der Waals surface area contributed by atoms with Crippen molar-refractivity contribution in [3.63, 3.8) is 0 Å². The highest BCUT2D eigenvalue weighted by molar-refractivity contribution is 5.47. The molecule has 0 aliphatic rings. The van der Waals surface area contributed by atoms with Crippen molar-refractivity contribution in [1.82, 2.24) is 9.97 Å². The lowest BCUT2D eigenvalue weighted by molar-refractivity contribution is 0.178. The summed E-state index contributed by atoms with van der Waals surface area (Å²) < 4.78 is 4.94. The summed E-state index contributed by atoms with van der Waals surface area (Å²) in [6.45, 7) is 2.17. The van der Waals surface area contributed by atoms with Crippen molar-refractivity contribution < 1.29 is 9.84 Å². The Bertz CT molecular complexity index is 334. The van der Waals surface area contributed by atoms with E-state index in [4.69, 9.17) is 15.7 Å². The molecule has 90 valence electrons. The van der Waals surface area contributed by atoms with Crippen LogP contribution in [0.4, 0.5) is 11.6 Å². The summed E-state index contributed by atoms with van der Waals surface area (Å²) in [5.41, 5.74) is 2.45. The van der Waals surface area contributed by atoms with Crippen LogP contribution in [0.25, 0.3) is 0 Å². The van der Waals surface area contributed by atoms with E-state index in [1.54, 1.807) is 13.2 Å². The maximum Gasteiger partial charge on any atom is 0.158 e. The molecule has 1 atom stereocenters. The molecule has 0 aromatic carbocycles. The number of hydrogen-bond donors (Lipinski definition) is 4. The monoisotopic (exact) mass is 227 g/mol. The topological polar surface area (TPSA) is 105 Å². The first-order valence-corrected chi connectivity index (χ1v) is 4.90. The van der Waals surface area contributed by atoms with E-state index in [0.717, 1.165) is 0 Å². The van der Waals surface area contributed by atoms with Crippen molar-refractivity contribution in [2.24, 2.45) is 5.84 Å². The van der Waals surface area contributed by atoms with Crippen molar-refractivity contribution in [3.05, 3.63) is 11.9 Å². The SMILES string of the molecule is COCc1nc(NN)cc(NC(C)CO)n1. The summed E-state index contributed by atoms with van der Waals surface area (Å²) >= 11 is 0. The fourth-order valence-electron chi connectivity index (χ4n) is 1.14. The van der Waals surface area contributed by atoms with Gasteiger partial charge in [-0.25, -0.2) is 15.8 Å². The molecular formula is C9H17N5O2. The van der Waals surface area contributed by atoms with Crippen LogP contribution in [-0.4, -0.2) is 34.8 Å². The zero-order valence-corrected chi connectivity index (χ0v) is 9.40. The molecule has 0 radical (unpaired) electrons. The molecule has 0 fully saturated rings. The minimum absolute atomic E-state index is 0.0228. The van der Waals surface area contributed by atoms with Gasteiger partial charge in [0.15, 0.2) is 5.82 Å². The van der Waals surface area contributed by atoms with E-state index in [1.165, 1.54) is 0 Å². The number of aliphatic hydroxyl groups excluding tert-OH is 1. The van der Waals surface area contributed by atoms with Gasteiger partial charge < -0.3 is 20.6 Å². The van der Waals surface area contributed by atoms with E-state index in [9.17, 15) is 0 Å². The van der Waals surface area contributed by atoms with Gasteiger partial charge in [0, 0.05) is 19.2 Å². The third kappa shape index (κ3) is 3.61. The predicted molar refractivity (Wildman–Crippen MR) is 60.7 cm³/mol. The van der Waals surface area contributed by atoms with Gasteiger partial charge in [0.25, 0.3) is 0 Å². The maximum atomic E-state index is 8.92. The quantitative estimate of drug-likeness (QED) is 0.390. The maximum absolute atomic E-state index is 8.92. The zero-order valence-electron chi connectivity index (χ0n) is 9.40. The summed E-state index contributed by atoms with van der Waals surface area (Å²) in [6, 6.07) is 1.57. The van der Waals surface area contributed by atoms with Gasteiger partial charge in [-0.05, 0) is 6.92 Å². The Morgan fingerprint density at radius 3 is 2.75 bits per heavy atom.